The summed E-state index contributed by atoms with van der Waals surface area (Å²) in [6.45, 7) is 2.50. The molecule has 0 bridgehead atoms. The van der Waals surface area contributed by atoms with Crippen molar-refractivity contribution in [2.24, 2.45) is 11.7 Å². The fraction of sp³-hybridized carbons (Fsp3) is 0.533. The molecule has 0 radical (unpaired) electrons. The van der Waals surface area contributed by atoms with Crippen LogP contribution < -0.4 is 11.1 Å². The first-order valence-electron chi connectivity index (χ1n) is 6.97. The van der Waals surface area contributed by atoms with E-state index in [-0.39, 0.29) is 17.9 Å². The largest absolute Gasteiger partial charge is 0.359 e. The summed E-state index contributed by atoms with van der Waals surface area (Å²) < 4.78 is 0. The topological polar surface area (TPSA) is 58.4 Å². The Kier molecular flexibility index (Phi) is 4.93. The molecule has 3 N–H and O–H groups in total. The van der Waals surface area contributed by atoms with E-state index in [1.165, 1.54) is 5.56 Å². The highest BCUT2D eigenvalue weighted by Crippen LogP contribution is 2.26. The third-order valence-corrected chi connectivity index (χ3v) is 4.00. The van der Waals surface area contributed by atoms with Crippen LogP contribution >= 0.6 is 0 Å². The maximum Gasteiger partial charge on any atom is 0.222 e. The number of carbonyl (C=O) groups is 1. The second-order valence-corrected chi connectivity index (χ2v) is 5.09. The predicted octanol–water partition coefficient (Wildman–Crippen LogP) is 1.14. The van der Waals surface area contributed by atoms with Crippen molar-refractivity contribution in [1.29, 1.82) is 0 Å². The van der Waals surface area contributed by atoms with Crippen molar-refractivity contribution in [3.05, 3.63) is 35.9 Å². The van der Waals surface area contributed by atoms with Crippen LogP contribution in [0.1, 0.15) is 24.4 Å². The van der Waals surface area contributed by atoms with Crippen LogP contribution in [-0.2, 0) is 4.79 Å². The lowest BCUT2D eigenvalue weighted by Crippen LogP contribution is -2.43. The van der Waals surface area contributed by atoms with Gasteiger partial charge < -0.3 is 11.1 Å². The first-order chi connectivity index (χ1) is 9.26. The molecule has 1 saturated heterocycles. The number of likely N-dealkylation sites (tertiary alicyclic amines) is 1. The Morgan fingerprint density at radius 1 is 1.37 bits per heavy atom. The van der Waals surface area contributed by atoms with Crippen molar-refractivity contribution in [2.75, 3.05) is 26.7 Å². The quantitative estimate of drug-likeness (QED) is 0.854. The van der Waals surface area contributed by atoms with Crippen LogP contribution in [0.5, 0.6) is 0 Å². The maximum absolute atomic E-state index is 11.6. The van der Waals surface area contributed by atoms with Gasteiger partial charge in [-0.05, 0) is 31.5 Å². The number of hydrogen-bond donors (Lipinski definition) is 2. The van der Waals surface area contributed by atoms with Crippen molar-refractivity contribution >= 4 is 5.91 Å². The van der Waals surface area contributed by atoms with Crippen LogP contribution in [0, 0.1) is 5.92 Å². The van der Waals surface area contributed by atoms with Gasteiger partial charge in [0.05, 0.1) is 0 Å². The first kappa shape index (κ1) is 14.0. The van der Waals surface area contributed by atoms with E-state index < -0.39 is 0 Å². The molecule has 1 atom stereocenters. The highest BCUT2D eigenvalue weighted by molar-refractivity contribution is 5.78. The zero-order valence-electron chi connectivity index (χ0n) is 11.5. The average Bonchev–Trinajstić information content (AvgIpc) is 2.49. The fourth-order valence-corrected chi connectivity index (χ4v) is 2.85. The minimum Gasteiger partial charge on any atom is -0.359 e. The predicted molar refractivity (Wildman–Crippen MR) is 76.6 cm³/mol. The van der Waals surface area contributed by atoms with Gasteiger partial charge in [0, 0.05) is 25.6 Å². The summed E-state index contributed by atoms with van der Waals surface area (Å²) >= 11 is 0. The molecular formula is C15H23N3O. The Bertz CT molecular complexity index is 399. The van der Waals surface area contributed by atoms with Gasteiger partial charge in [-0.2, -0.15) is 0 Å². The highest BCUT2D eigenvalue weighted by Gasteiger charge is 2.28. The summed E-state index contributed by atoms with van der Waals surface area (Å²) in [6, 6.07) is 10.6. The van der Waals surface area contributed by atoms with Gasteiger partial charge >= 0.3 is 0 Å². The van der Waals surface area contributed by atoms with E-state index in [0.717, 1.165) is 25.9 Å². The standard InChI is InChI=1S/C15H23N3O/c1-17-15(19)13-7-9-18(10-8-13)14(11-16)12-5-3-2-4-6-12/h2-6,13-14H,7-11,16H2,1H3,(H,17,19). The molecule has 4 heteroatoms. The van der Waals surface area contributed by atoms with Gasteiger partial charge in [-0.1, -0.05) is 30.3 Å². The number of amides is 1. The molecule has 0 aromatic heterocycles. The molecule has 2 rings (SSSR count). The third-order valence-electron chi connectivity index (χ3n) is 4.00. The highest BCUT2D eigenvalue weighted by atomic mass is 16.1. The summed E-state index contributed by atoms with van der Waals surface area (Å²) in [4.78, 5) is 14.0. The molecule has 1 heterocycles. The van der Waals surface area contributed by atoms with Crippen LogP contribution in [0.2, 0.25) is 0 Å². The third kappa shape index (κ3) is 3.33. The molecular weight excluding hydrogens is 238 g/mol. The molecule has 0 spiro atoms. The molecule has 19 heavy (non-hydrogen) atoms. The summed E-state index contributed by atoms with van der Waals surface area (Å²) in [7, 11) is 1.71. The number of nitrogens with zero attached hydrogens (tertiary/aromatic N) is 1. The molecule has 1 aliphatic heterocycles. The van der Waals surface area contributed by atoms with Gasteiger partial charge in [0.25, 0.3) is 0 Å². The number of piperidine rings is 1. The lowest BCUT2D eigenvalue weighted by atomic mass is 9.93. The number of nitrogens with one attached hydrogen (secondary N) is 1. The van der Waals surface area contributed by atoms with E-state index in [9.17, 15) is 4.79 Å². The summed E-state index contributed by atoms with van der Waals surface area (Å²) in [5.74, 6) is 0.333. The van der Waals surface area contributed by atoms with E-state index in [1.807, 2.05) is 6.07 Å². The van der Waals surface area contributed by atoms with Gasteiger partial charge in [-0.3, -0.25) is 9.69 Å². The van der Waals surface area contributed by atoms with Gasteiger partial charge in [0.2, 0.25) is 5.91 Å². The van der Waals surface area contributed by atoms with Crippen LogP contribution in [0.4, 0.5) is 0 Å². The minimum atomic E-state index is 0.162. The van der Waals surface area contributed by atoms with E-state index in [4.69, 9.17) is 5.73 Å². The Morgan fingerprint density at radius 2 is 2.00 bits per heavy atom. The Morgan fingerprint density at radius 3 is 2.53 bits per heavy atom. The van der Waals surface area contributed by atoms with Gasteiger partial charge in [-0.15, -0.1) is 0 Å². The number of carbonyl (C=O) groups excluding carboxylic acids is 1. The molecule has 4 nitrogen and oxygen atoms in total. The van der Waals surface area contributed by atoms with Gasteiger partial charge in [0.15, 0.2) is 0 Å². The van der Waals surface area contributed by atoms with E-state index >= 15 is 0 Å². The second kappa shape index (κ2) is 6.68. The zero-order valence-corrected chi connectivity index (χ0v) is 11.5. The lowest BCUT2D eigenvalue weighted by Gasteiger charge is -2.36. The SMILES string of the molecule is CNC(=O)C1CCN(C(CN)c2ccccc2)CC1. The monoisotopic (exact) mass is 261 g/mol. The fourth-order valence-electron chi connectivity index (χ4n) is 2.85. The molecule has 1 fully saturated rings. The molecule has 1 aliphatic rings. The van der Waals surface area contributed by atoms with Crippen molar-refractivity contribution in [1.82, 2.24) is 10.2 Å². The van der Waals surface area contributed by atoms with Crippen molar-refractivity contribution in [3.8, 4) is 0 Å². The molecule has 0 saturated carbocycles. The number of rotatable bonds is 4. The number of benzene rings is 1. The summed E-state index contributed by atoms with van der Waals surface area (Å²) in [6.07, 6.45) is 1.84. The summed E-state index contributed by atoms with van der Waals surface area (Å²) in [5.41, 5.74) is 7.20. The Hall–Kier alpha value is -1.39. The first-order valence-corrected chi connectivity index (χ1v) is 6.97. The Labute approximate surface area is 115 Å². The van der Waals surface area contributed by atoms with E-state index in [2.05, 4.69) is 34.5 Å². The Balaban J connectivity index is 1.98. The molecule has 1 aromatic rings. The number of nitrogens with two attached hydrogens (primary N) is 1. The molecule has 1 unspecified atom stereocenters. The second-order valence-electron chi connectivity index (χ2n) is 5.09. The van der Waals surface area contributed by atoms with E-state index in [0.29, 0.717) is 6.54 Å². The van der Waals surface area contributed by atoms with Crippen LogP contribution in [0.25, 0.3) is 0 Å². The normalized spacial score (nSPS) is 19.1. The lowest BCUT2D eigenvalue weighted by molar-refractivity contribution is -0.126. The zero-order chi connectivity index (χ0) is 13.7. The van der Waals surface area contributed by atoms with Crippen LogP contribution in [-0.4, -0.2) is 37.5 Å². The molecule has 1 amide bonds. The average molecular weight is 261 g/mol. The molecule has 1 aromatic carbocycles. The number of hydrogen-bond acceptors (Lipinski definition) is 3. The molecule has 104 valence electrons. The van der Waals surface area contributed by atoms with Gasteiger partial charge in [0.1, 0.15) is 0 Å². The minimum absolute atomic E-state index is 0.162. The van der Waals surface area contributed by atoms with Crippen molar-refractivity contribution in [2.45, 2.75) is 18.9 Å². The van der Waals surface area contributed by atoms with Crippen LogP contribution in [0.3, 0.4) is 0 Å². The summed E-state index contributed by atoms with van der Waals surface area (Å²) in [5, 5.41) is 2.74. The molecule has 0 aliphatic carbocycles. The van der Waals surface area contributed by atoms with Crippen LogP contribution in [0.15, 0.2) is 30.3 Å². The smallest absolute Gasteiger partial charge is 0.222 e. The van der Waals surface area contributed by atoms with E-state index in [1.54, 1.807) is 7.05 Å². The van der Waals surface area contributed by atoms with Crippen molar-refractivity contribution < 1.29 is 4.79 Å². The van der Waals surface area contributed by atoms with Crippen molar-refractivity contribution in [3.63, 3.8) is 0 Å². The maximum atomic E-state index is 11.6. The van der Waals surface area contributed by atoms with Gasteiger partial charge in [-0.25, -0.2) is 0 Å².